The van der Waals surface area contributed by atoms with E-state index in [4.69, 9.17) is 9.84 Å². The summed E-state index contributed by atoms with van der Waals surface area (Å²) in [7, 11) is 1.49. The number of aromatic nitrogens is 1. The minimum Gasteiger partial charge on any atom is -0.495 e. The second-order valence-electron chi connectivity index (χ2n) is 6.94. The van der Waals surface area contributed by atoms with Crippen LogP contribution in [0.4, 0.5) is 24.7 Å². The summed E-state index contributed by atoms with van der Waals surface area (Å²) in [4.78, 5) is 16.4. The maximum absolute atomic E-state index is 13.0. The molecule has 2 aromatic carbocycles. The Kier molecular flexibility index (Phi) is 7.32. The molecule has 9 heteroatoms. The quantitative estimate of drug-likeness (QED) is 0.485. The van der Waals surface area contributed by atoms with Crippen molar-refractivity contribution in [2.45, 2.75) is 12.6 Å². The Morgan fingerprint density at radius 3 is 2.59 bits per heavy atom. The monoisotopic (exact) mass is 445 g/mol. The Labute approximate surface area is 183 Å². The Balaban J connectivity index is 1.81. The number of carbonyl (C=O) groups excluding carboxylic acids is 1. The fourth-order valence-corrected chi connectivity index (χ4v) is 3.10. The van der Waals surface area contributed by atoms with E-state index in [1.165, 1.54) is 13.2 Å². The molecule has 1 amide bonds. The summed E-state index contributed by atoms with van der Waals surface area (Å²) in [6.45, 7) is -0.0393. The first-order valence-corrected chi connectivity index (χ1v) is 9.75. The number of carbonyl (C=O) groups is 1. The molecule has 3 aromatic rings. The van der Waals surface area contributed by atoms with Gasteiger partial charge in [-0.3, -0.25) is 4.79 Å². The highest BCUT2D eigenvalue weighted by Gasteiger charge is 2.30. The largest absolute Gasteiger partial charge is 0.495 e. The van der Waals surface area contributed by atoms with Gasteiger partial charge in [0.15, 0.2) is 0 Å². The number of nitrogens with one attached hydrogen (secondary N) is 2. The highest BCUT2D eigenvalue weighted by atomic mass is 19.4. The van der Waals surface area contributed by atoms with E-state index < -0.39 is 11.7 Å². The summed E-state index contributed by atoms with van der Waals surface area (Å²) >= 11 is 0. The van der Waals surface area contributed by atoms with Crippen molar-refractivity contribution < 1.29 is 27.8 Å². The molecule has 0 spiro atoms. The second kappa shape index (κ2) is 10.1. The summed E-state index contributed by atoms with van der Waals surface area (Å²) in [6, 6.07) is 13.4. The van der Waals surface area contributed by atoms with Gasteiger partial charge in [0.25, 0.3) is 5.91 Å². The van der Waals surface area contributed by atoms with E-state index in [-0.39, 0.29) is 19.1 Å². The highest BCUT2D eigenvalue weighted by Crippen LogP contribution is 2.31. The zero-order valence-corrected chi connectivity index (χ0v) is 17.2. The molecular formula is C23H22F3N3O3. The standard InChI is InChI=1S/C23H22F3N3O3/c1-32-20-6-5-17(22(31)28-9-10-30)14-19(20)29-21-13-16(7-8-27-21)11-15-3-2-4-18(12-15)23(24,25)26/h2-8,12-14,30H,9-11H2,1H3,(H,27,29)(H,28,31). The van der Waals surface area contributed by atoms with Crippen LogP contribution in [0.25, 0.3) is 0 Å². The Morgan fingerprint density at radius 2 is 1.88 bits per heavy atom. The topological polar surface area (TPSA) is 83.5 Å². The summed E-state index contributed by atoms with van der Waals surface area (Å²) < 4.78 is 44.2. The maximum atomic E-state index is 13.0. The van der Waals surface area contributed by atoms with Crippen molar-refractivity contribution in [3.8, 4) is 5.75 Å². The summed E-state index contributed by atoms with van der Waals surface area (Å²) in [6.07, 6.45) is -2.55. The van der Waals surface area contributed by atoms with Crippen LogP contribution in [-0.4, -0.2) is 36.3 Å². The van der Waals surface area contributed by atoms with Crippen LogP contribution in [-0.2, 0) is 12.6 Å². The molecule has 3 rings (SSSR count). The minimum absolute atomic E-state index is 0.132. The molecule has 1 aromatic heterocycles. The number of pyridine rings is 1. The van der Waals surface area contributed by atoms with Crippen molar-refractivity contribution in [1.29, 1.82) is 0 Å². The maximum Gasteiger partial charge on any atom is 0.416 e. The Morgan fingerprint density at radius 1 is 1.09 bits per heavy atom. The SMILES string of the molecule is COc1ccc(C(=O)NCCO)cc1Nc1cc(Cc2cccc(C(F)(F)F)c2)ccn1. The molecule has 0 aliphatic heterocycles. The smallest absolute Gasteiger partial charge is 0.416 e. The molecule has 6 nitrogen and oxygen atoms in total. The lowest BCUT2D eigenvalue weighted by Crippen LogP contribution is -2.26. The van der Waals surface area contributed by atoms with Gasteiger partial charge in [-0.25, -0.2) is 4.98 Å². The van der Waals surface area contributed by atoms with E-state index in [9.17, 15) is 18.0 Å². The molecule has 0 atom stereocenters. The van der Waals surface area contributed by atoms with Gasteiger partial charge in [-0.2, -0.15) is 13.2 Å². The molecule has 0 unspecified atom stereocenters. The fourth-order valence-electron chi connectivity index (χ4n) is 3.10. The van der Waals surface area contributed by atoms with Crippen LogP contribution in [0.2, 0.25) is 0 Å². The molecule has 0 radical (unpaired) electrons. The molecule has 0 saturated carbocycles. The molecule has 0 aliphatic carbocycles. The molecule has 0 saturated heterocycles. The van der Waals surface area contributed by atoms with Crippen molar-refractivity contribution in [2.75, 3.05) is 25.6 Å². The normalized spacial score (nSPS) is 11.2. The Hall–Kier alpha value is -3.59. The third kappa shape index (κ3) is 5.98. The van der Waals surface area contributed by atoms with Gasteiger partial charge in [-0.05, 0) is 53.9 Å². The number of anilines is 2. The summed E-state index contributed by atoms with van der Waals surface area (Å²) in [5.74, 6) is 0.575. The number of rotatable bonds is 8. The number of nitrogens with zero attached hydrogens (tertiary/aromatic N) is 1. The van der Waals surface area contributed by atoms with E-state index >= 15 is 0 Å². The van der Waals surface area contributed by atoms with Crippen molar-refractivity contribution in [2.24, 2.45) is 0 Å². The number of aliphatic hydroxyl groups is 1. The third-order valence-corrected chi connectivity index (χ3v) is 4.61. The van der Waals surface area contributed by atoms with Crippen LogP contribution in [0.15, 0.2) is 60.8 Å². The number of amides is 1. The number of ether oxygens (including phenoxy) is 1. The third-order valence-electron chi connectivity index (χ3n) is 4.61. The van der Waals surface area contributed by atoms with Crippen molar-refractivity contribution in [1.82, 2.24) is 10.3 Å². The van der Waals surface area contributed by atoms with Crippen LogP contribution in [0, 0.1) is 0 Å². The van der Waals surface area contributed by atoms with Crippen molar-refractivity contribution in [3.63, 3.8) is 0 Å². The summed E-state index contributed by atoms with van der Waals surface area (Å²) in [5.41, 5.74) is 1.45. The van der Waals surface area contributed by atoms with Crippen molar-refractivity contribution >= 4 is 17.4 Å². The highest BCUT2D eigenvalue weighted by molar-refractivity contribution is 5.95. The van der Waals surface area contributed by atoms with Crippen LogP contribution < -0.4 is 15.4 Å². The predicted molar refractivity (Wildman–Crippen MR) is 114 cm³/mol. The van der Waals surface area contributed by atoms with E-state index in [0.29, 0.717) is 34.8 Å². The van der Waals surface area contributed by atoms with Crippen LogP contribution >= 0.6 is 0 Å². The molecular weight excluding hydrogens is 423 g/mol. The van der Waals surface area contributed by atoms with Gasteiger partial charge in [0.05, 0.1) is 25.0 Å². The molecule has 1 heterocycles. The predicted octanol–water partition coefficient (Wildman–Crippen LogP) is 4.17. The number of alkyl halides is 3. The first-order valence-electron chi connectivity index (χ1n) is 9.75. The Bertz CT molecular complexity index is 1090. The molecule has 32 heavy (non-hydrogen) atoms. The first kappa shape index (κ1) is 23.1. The zero-order valence-electron chi connectivity index (χ0n) is 17.2. The number of hydrogen-bond donors (Lipinski definition) is 3. The molecule has 0 bridgehead atoms. The van der Waals surface area contributed by atoms with Crippen LogP contribution in [0.1, 0.15) is 27.0 Å². The fraction of sp³-hybridized carbons (Fsp3) is 0.217. The average molecular weight is 445 g/mol. The number of benzene rings is 2. The first-order chi connectivity index (χ1) is 15.3. The van der Waals surface area contributed by atoms with Gasteiger partial charge in [0.2, 0.25) is 0 Å². The van der Waals surface area contributed by atoms with Gasteiger partial charge in [0, 0.05) is 18.3 Å². The van der Waals surface area contributed by atoms with Crippen LogP contribution in [0.3, 0.4) is 0 Å². The molecule has 3 N–H and O–H groups in total. The van der Waals surface area contributed by atoms with Gasteiger partial charge < -0.3 is 20.5 Å². The van der Waals surface area contributed by atoms with E-state index in [1.807, 2.05) is 0 Å². The van der Waals surface area contributed by atoms with Gasteiger partial charge >= 0.3 is 6.18 Å². The van der Waals surface area contributed by atoms with E-state index in [2.05, 4.69) is 15.6 Å². The number of methoxy groups -OCH3 is 1. The summed E-state index contributed by atoms with van der Waals surface area (Å²) in [5, 5.41) is 14.5. The number of halogens is 3. The van der Waals surface area contributed by atoms with Gasteiger partial charge in [0.1, 0.15) is 11.6 Å². The van der Waals surface area contributed by atoms with Crippen molar-refractivity contribution in [3.05, 3.63) is 83.0 Å². The molecule has 0 aliphatic rings. The average Bonchev–Trinajstić information content (AvgIpc) is 2.77. The number of hydrogen-bond acceptors (Lipinski definition) is 5. The van der Waals surface area contributed by atoms with E-state index in [0.717, 1.165) is 17.7 Å². The van der Waals surface area contributed by atoms with Crippen LogP contribution in [0.5, 0.6) is 5.75 Å². The molecule has 0 fully saturated rings. The zero-order chi connectivity index (χ0) is 23.1. The lowest BCUT2D eigenvalue weighted by molar-refractivity contribution is -0.137. The number of aliphatic hydroxyl groups excluding tert-OH is 1. The lowest BCUT2D eigenvalue weighted by Gasteiger charge is -2.13. The lowest BCUT2D eigenvalue weighted by atomic mass is 10.0. The van der Waals surface area contributed by atoms with Gasteiger partial charge in [-0.15, -0.1) is 0 Å². The minimum atomic E-state index is -4.40. The molecule has 168 valence electrons. The van der Waals surface area contributed by atoms with Gasteiger partial charge in [-0.1, -0.05) is 18.2 Å². The van der Waals surface area contributed by atoms with E-state index in [1.54, 1.807) is 42.6 Å². The second-order valence-corrected chi connectivity index (χ2v) is 6.94.